The fourth-order valence-corrected chi connectivity index (χ4v) is 2.64. The number of hydrogen-bond acceptors (Lipinski definition) is 4. The maximum Gasteiger partial charge on any atom is 0.309 e. The van der Waals surface area contributed by atoms with Gasteiger partial charge in [-0.2, -0.15) is 0 Å². The molecule has 0 aromatic heterocycles. The van der Waals surface area contributed by atoms with Gasteiger partial charge < -0.3 is 9.94 Å². The highest BCUT2D eigenvalue weighted by Crippen LogP contribution is 2.34. The monoisotopic (exact) mass is 241 g/mol. The summed E-state index contributed by atoms with van der Waals surface area (Å²) < 4.78 is 4.81. The molecule has 0 bridgehead atoms. The minimum absolute atomic E-state index is 0.0873. The Kier molecular flexibility index (Phi) is 6.01. The number of oxime groups is 1. The maximum absolute atomic E-state index is 11.6. The Hall–Kier alpha value is -1.06. The topological polar surface area (TPSA) is 58.9 Å². The zero-order valence-electron chi connectivity index (χ0n) is 10.8. The predicted octanol–water partition coefficient (Wildman–Crippen LogP) is 2.99. The first-order valence-corrected chi connectivity index (χ1v) is 6.53. The van der Waals surface area contributed by atoms with Crippen molar-refractivity contribution in [1.82, 2.24) is 0 Å². The summed E-state index contributed by atoms with van der Waals surface area (Å²) in [6, 6.07) is 0. The second-order valence-electron chi connectivity index (χ2n) is 4.72. The summed E-state index contributed by atoms with van der Waals surface area (Å²) in [7, 11) is 1.42. The van der Waals surface area contributed by atoms with Gasteiger partial charge in [0, 0.05) is 5.92 Å². The van der Waals surface area contributed by atoms with Crippen LogP contribution in [0.5, 0.6) is 0 Å². The lowest BCUT2D eigenvalue weighted by Gasteiger charge is -2.17. The van der Waals surface area contributed by atoms with E-state index in [-0.39, 0.29) is 17.8 Å². The molecule has 4 heteroatoms. The van der Waals surface area contributed by atoms with Crippen molar-refractivity contribution >= 4 is 11.7 Å². The minimum atomic E-state index is -0.163. The summed E-state index contributed by atoms with van der Waals surface area (Å²) >= 11 is 0. The van der Waals surface area contributed by atoms with E-state index in [1.165, 1.54) is 26.4 Å². The molecule has 0 amide bonds. The van der Waals surface area contributed by atoms with Crippen LogP contribution < -0.4 is 0 Å². The molecule has 1 aliphatic rings. The molecule has 0 heterocycles. The van der Waals surface area contributed by atoms with Crippen LogP contribution in [0.15, 0.2) is 5.16 Å². The van der Waals surface area contributed by atoms with E-state index in [0.717, 1.165) is 25.0 Å². The van der Waals surface area contributed by atoms with Crippen molar-refractivity contribution in [2.45, 2.75) is 51.9 Å². The van der Waals surface area contributed by atoms with Gasteiger partial charge in [0.1, 0.15) is 0 Å². The van der Waals surface area contributed by atoms with E-state index in [4.69, 9.17) is 9.94 Å². The smallest absolute Gasteiger partial charge is 0.309 e. The molecule has 0 saturated heterocycles. The Bertz CT molecular complexity index is 276. The SMILES string of the molecule is CCCCCC[C@@H]1/C(=N\O)CC[C@H]1C(=O)OC. The second-order valence-corrected chi connectivity index (χ2v) is 4.72. The van der Waals surface area contributed by atoms with E-state index in [0.29, 0.717) is 6.42 Å². The summed E-state index contributed by atoms with van der Waals surface area (Å²) in [5.74, 6) is -0.180. The molecule has 98 valence electrons. The minimum Gasteiger partial charge on any atom is -0.469 e. The van der Waals surface area contributed by atoms with Gasteiger partial charge >= 0.3 is 5.97 Å². The molecule has 1 aliphatic carbocycles. The Morgan fingerprint density at radius 1 is 1.47 bits per heavy atom. The molecule has 0 unspecified atom stereocenters. The fraction of sp³-hybridized carbons (Fsp3) is 0.846. The molecule has 0 aliphatic heterocycles. The van der Waals surface area contributed by atoms with Crippen molar-refractivity contribution in [2.24, 2.45) is 17.0 Å². The number of rotatable bonds is 6. The number of carbonyl (C=O) groups is 1. The second kappa shape index (κ2) is 7.30. The zero-order chi connectivity index (χ0) is 12.7. The number of nitrogens with zero attached hydrogens (tertiary/aromatic N) is 1. The van der Waals surface area contributed by atoms with Crippen molar-refractivity contribution in [2.75, 3.05) is 7.11 Å². The van der Waals surface area contributed by atoms with Crippen molar-refractivity contribution in [1.29, 1.82) is 0 Å². The van der Waals surface area contributed by atoms with E-state index in [2.05, 4.69) is 12.1 Å². The van der Waals surface area contributed by atoms with Gasteiger partial charge in [0.25, 0.3) is 0 Å². The first-order valence-electron chi connectivity index (χ1n) is 6.53. The first-order chi connectivity index (χ1) is 8.24. The van der Waals surface area contributed by atoms with Crippen molar-refractivity contribution in [3.8, 4) is 0 Å². The molecule has 0 aromatic rings. The van der Waals surface area contributed by atoms with Crippen LogP contribution in [0.3, 0.4) is 0 Å². The van der Waals surface area contributed by atoms with Gasteiger partial charge in [-0.05, 0) is 19.3 Å². The summed E-state index contributed by atoms with van der Waals surface area (Å²) in [4.78, 5) is 11.6. The summed E-state index contributed by atoms with van der Waals surface area (Å²) in [5, 5.41) is 12.3. The molecule has 0 aromatic carbocycles. The Labute approximate surface area is 103 Å². The van der Waals surface area contributed by atoms with E-state index in [1.807, 2.05) is 0 Å². The van der Waals surface area contributed by atoms with Crippen LogP contribution in [-0.4, -0.2) is 24.0 Å². The van der Waals surface area contributed by atoms with Crippen LogP contribution in [0.4, 0.5) is 0 Å². The van der Waals surface area contributed by atoms with Gasteiger partial charge in [0.05, 0.1) is 18.7 Å². The van der Waals surface area contributed by atoms with Gasteiger partial charge in [0.15, 0.2) is 0 Å². The molecule has 4 nitrogen and oxygen atoms in total. The fourth-order valence-electron chi connectivity index (χ4n) is 2.64. The lowest BCUT2D eigenvalue weighted by molar-refractivity contribution is -0.146. The lowest BCUT2D eigenvalue weighted by atomic mass is 9.89. The predicted molar refractivity (Wildman–Crippen MR) is 66.2 cm³/mol. The van der Waals surface area contributed by atoms with E-state index >= 15 is 0 Å². The number of unbranched alkanes of at least 4 members (excludes halogenated alkanes) is 3. The van der Waals surface area contributed by atoms with E-state index in [9.17, 15) is 4.79 Å². The first kappa shape index (κ1) is 14.0. The van der Waals surface area contributed by atoms with Crippen LogP contribution in [0.1, 0.15) is 51.9 Å². The number of carbonyl (C=O) groups excluding carboxylic acids is 1. The Morgan fingerprint density at radius 3 is 2.82 bits per heavy atom. The Morgan fingerprint density at radius 2 is 2.24 bits per heavy atom. The summed E-state index contributed by atoms with van der Waals surface area (Å²) in [5.41, 5.74) is 0.775. The number of ether oxygens (including phenoxy) is 1. The van der Waals surface area contributed by atoms with Crippen LogP contribution in [0.2, 0.25) is 0 Å². The summed E-state index contributed by atoms with van der Waals surface area (Å²) in [6.45, 7) is 2.17. The quantitative estimate of drug-likeness (QED) is 0.336. The molecular formula is C13H23NO3. The third kappa shape index (κ3) is 3.72. The molecule has 2 atom stereocenters. The molecule has 1 saturated carbocycles. The van der Waals surface area contributed by atoms with Crippen LogP contribution in [0, 0.1) is 11.8 Å². The lowest BCUT2D eigenvalue weighted by Crippen LogP contribution is -2.23. The van der Waals surface area contributed by atoms with Crippen molar-refractivity contribution in [3.63, 3.8) is 0 Å². The molecule has 17 heavy (non-hydrogen) atoms. The molecule has 0 spiro atoms. The van der Waals surface area contributed by atoms with Crippen molar-refractivity contribution in [3.05, 3.63) is 0 Å². The highest BCUT2D eigenvalue weighted by molar-refractivity contribution is 5.93. The molecule has 1 rings (SSSR count). The van der Waals surface area contributed by atoms with Gasteiger partial charge in [0.2, 0.25) is 0 Å². The highest BCUT2D eigenvalue weighted by atomic mass is 16.5. The van der Waals surface area contributed by atoms with Gasteiger partial charge in [-0.3, -0.25) is 4.79 Å². The molecule has 0 radical (unpaired) electrons. The van der Waals surface area contributed by atoms with E-state index in [1.54, 1.807) is 0 Å². The van der Waals surface area contributed by atoms with Crippen LogP contribution in [-0.2, 0) is 9.53 Å². The molecular weight excluding hydrogens is 218 g/mol. The number of methoxy groups -OCH3 is 1. The average molecular weight is 241 g/mol. The largest absolute Gasteiger partial charge is 0.469 e. The summed E-state index contributed by atoms with van der Waals surface area (Å²) in [6.07, 6.45) is 7.09. The zero-order valence-corrected chi connectivity index (χ0v) is 10.8. The van der Waals surface area contributed by atoms with Crippen LogP contribution >= 0.6 is 0 Å². The van der Waals surface area contributed by atoms with Crippen LogP contribution in [0.25, 0.3) is 0 Å². The Balaban J connectivity index is 2.52. The third-order valence-corrected chi connectivity index (χ3v) is 3.63. The third-order valence-electron chi connectivity index (χ3n) is 3.63. The van der Waals surface area contributed by atoms with E-state index < -0.39 is 0 Å². The maximum atomic E-state index is 11.6. The van der Waals surface area contributed by atoms with Gasteiger partial charge in [-0.1, -0.05) is 37.8 Å². The average Bonchev–Trinajstić information content (AvgIpc) is 2.76. The molecule has 1 fully saturated rings. The highest BCUT2D eigenvalue weighted by Gasteiger charge is 2.38. The molecule has 1 N–H and O–H groups in total. The normalized spacial score (nSPS) is 26.4. The standard InChI is InChI=1S/C13H23NO3/c1-3-4-5-6-7-10-11(13(15)17-2)8-9-12(10)14-16/h10-11,16H,3-9H2,1-2H3/b14-12-/t10-,11+/m0/s1. The van der Waals surface area contributed by atoms with Gasteiger partial charge in [-0.25, -0.2) is 0 Å². The number of esters is 1. The van der Waals surface area contributed by atoms with Crippen molar-refractivity contribution < 1.29 is 14.7 Å². The number of hydrogen-bond donors (Lipinski definition) is 1. The van der Waals surface area contributed by atoms with Gasteiger partial charge in [-0.15, -0.1) is 0 Å².